The second-order valence-electron chi connectivity index (χ2n) is 4.59. The average Bonchev–Trinajstić information content (AvgIpc) is 3.07. The summed E-state index contributed by atoms with van der Waals surface area (Å²) in [6.45, 7) is 1.56. The molecule has 0 saturated heterocycles. The molecule has 1 unspecified atom stereocenters. The van der Waals surface area contributed by atoms with E-state index in [0.717, 1.165) is 0 Å². The van der Waals surface area contributed by atoms with Crippen LogP contribution in [0.4, 0.5) is 0 Å². The number of rotatable bonds is 5. The molecule has 0 saturated carbocycles. The van der Waals surface area contributed by atoms with Gasteiger partial charge in [0.1, 0.15) is 12.6 Å². The van der Waals surface area contributed by atoms with E-state index >= 15 is 0 Å². The fraction of sp³-hybridized carbons (Fsp3) is 0.188. The minimum atomic E-state index is -0.809. The van der Waals surface area contributed by atoms with Crippen molar-refractivity contribution in [2.45, 2.75) is 19.6 Å². The first-order valence-corrected chi connectivity index (χ1v) is 6.60. The zero-order chi connectivity index (χ0) is 15.9. The van der Waals surface area contributed by atoms with E-state index in [4.69, 9.17) is 14.4 Å². The van der Waals surface area contributed by atoms with E-state index in [1.54, 1.807) is 30.3 Å². The molecule has 1 N–H and O–H groups in total. The van der Waals surface area contributed by atoms with Crippen LogP contribution >= 0.6 is 0 Å². The smallest absolute Gasteiger partial charge is 0.328 e. The molecule has 1 heterocycles. The SMILES string of the molecule is CC(NC(=O)c1ccco1)C(=O)OCc1cccc(C#N)c1. The van der Waals surface area contributed by atoms with Crippen molar-refractivity contribution in [1.82, 2.24) is 5.32 Å². The lowest BCUT2D eigenvalue weighted by molar-refractivity contribution is -0.146. The molecular weight excluding hydrogens is 284 g/mol. The Morgan fingerprint density at radius 3 is 2.86 bits per heavy atom. The van der Waals surface area contributed by atoms with Crippen molar-refractivity contribution in [3.05, 3.63) is 59.5 Å². The first-order valence-electron chi connectivity index (χ1n) is 6.60. The van der Waals surface area contributed by atoms with Crippen LogP contribution in [0.15, 0.2) is 47.1 Å². The van der Waals surface area contributed by atoms with E-state index in [9.17, 15) is 9.59 Å². The van der Waals surface area contributed by atoms with Gasteiger partial charge >= 0.3 is 5.97 Å². The first kappa shape index (κ1) is 15.3. The third kappa shape index (κ3) is 3.96. The number of furan rings is 1. The number of carbonyl (C=O) groups is 2. The molecule has 22 heavy (non-hydrogen) atoms. The maximum Gasteiger partial charge on any atom is 0.328 e. The highest BCUT2D eigenvalue weighted by atomic mass is 16.5. The highest BCUT2D eigenvalue weighted by molar-refractivity contribution is 5.94. The summed E-state index contributed by atoms with van der Waals surface area (Å²) in [4.78, 5) is 23.6. The first-order chi connectivity index (χ1) is 10.6. The van der Waals surface area contributed by atoms with Crippen molar-refractivity contribution in [2.24, 2.45) is 0 Å². The van der Waals surface area contributed by atoms with E-state index < -0.39 is 17.9 Å². The molecule has 1 atom stereocenters. The zero-order valence-corrected chi connectivity index (χ0v) is 11.9. The number of amides is 1. The van der Waals surface area contributed by atoms with Crippen LogP contribution in [0.2, 0.25) is 0 Å². The van der Waals surface area contributed by atoms with Gasteiger partial charge in [0.05, 0.1) is 17.9 Å². The Morgan fingerprint density at radius 2 is 2.18 bits per heavy atom. The fourth-order valence-electron chi connectivity index (χ4n) is 1.74. The molecule has 1 amide bonds. The van der Waals surface area contributed by atoms with Crippen LogP contribution in [0.5, 0.6) is 0 Å². The predicted octanol–water partition coefficient (Wildman–Crippen LogP) is 2.01. The number of esters is 1. The summed E-state index contributed by atoms with van der Waals surface area (Å²) in [5.74, 6) is -0.926. The Kier molecular flexibility index (Phi) is 4.94. The predicted molar refractivity (Wildman–Crippen MR) is 76.6 cm³/mol. The van der Waals surface area contributed by atoms with Gasteiger partial charge in [-0.25, -0.2) is 4.79 Å². The van der Waals surface area contributed by atoms with Crippen LogP contribution in [0.25, 0.3) is 0 Å². The maximum atomic E-state index is 11.8. The molecule has 6 nitrogen and oxygen atoms in total. The van der Waals surface area contributed by atoms with E-state index in [-0.39, 0.29) is 12.4 Å². The third-order valence-electron chi connectivity index (χ3n) is 2.88. The van der Waals surface area contributed by atoms with Crippen LogP contribution in [-0.4, -0.2) is 17.9 Å². The van der Waals surface area contributed by atoms with E-state index in [1.807, 2.05) is 6.07 Å². The van der Waals surface area contributed by atoms with Crippen molar-refractivity contribution in [1.29, 1.82) is 5.26 Å². The van der Waals surface area contributed by atoms with Gasteiger partial charge in [0.25, 0.3) is 5.91 Å². The summed E-state index contributed by atoms with van der Waals surface area (Å²) in [6.07, 6.45) is 1.38. The number of nitrogens with zero attached hydrogens (tertiary/aromatic N) is 1. The summed E-state index contributed by atoms with van der Waals surface area (Å²) >= 11 is 0. The highest BCUT2D eigenvalue weighted by Crippen LogP contribution is 2.07. The third-order valence-corrected chi connectivity index (χ3v) is 2.88. The van der Waals surface area contributed by atoms with Gasteiger partial charge in [0.2, 0.25) is 0 Å². The van der Waals surface area contributed by atoms with Crippen molar-refractivity contribution in [2.75, 3.05) is 0 Å². The Morgan fingerprint density at radius 1 is 1.36 bits per heavy atom. The van der Waals surface area contributed by atoms with Crippen LogP contribution in [-0.2, 0) is 16.1 Å². The molecule has 6 heteroatoms. The number of carbonyl (C=O) groups excluding carboxylic acids is 2. The second-order valence-corrected chi connectivity index (χ2v) is 4.59. The molecule has 0 bridgehead atoms. The van der Waals surface area contributed by atoms with Gasteiger partial charge in [-0.15, -0.1) is 0 Å². The number of hydrogen-bond donors (Lipinski definition) is 1. The van der Waals surface area contributed by atoms with Gasteiger partial charge < -0.3 is 14.5 Å². The second kappa shape index (κ2) is 7.09. The van der Waals surface area contributed by atoms with Crippen molar-refractivity contribution >= 4 is 11.9 Å². The normalized spacial score (nSPS) is 11.3. The molecule has 0 aliphatic carbocycles. The van der Waals surface area contributed by atoms with Crippen molar-refractivity contribution in [3.63, 3.8) is 0 Å². The molecule has 0 fully saturated rings. The Labute approximate surface area is 127 Å². The zero-order valence-electron chi connectivity index (χ0n) is 11.9. The Balaban J connectivity index is 1.86. The molecule has 2 rings (SSSR count). The number of nitriles is 1. The van der Waals surface area contributed by atoms with Gasteiger partial charge in [-0.3, -0.25) is 4.79 Å². The molecule has 112 valence electrons. The number of ether oxygens (including phenoxy) is 1. The number of hydrogen-bond acceptors (Lipinski definition) is 5. The summed E-state index contributed by atoms with van der Waals surface area (Å²) in [5, 5.41) is 11.3. The molecule has 0 spiro atoms. The fourth-order valence-corrected chi connectivity index (χ4v) is 1.74. The summed E-state index contributed by atoms with van der Waals surface area (Å²) in [7, 11) is 0. The number of benzene rings is 1. The standard InChI is InChI=1S/C16H14N2O4/c1-11(18-15(19)14-6-3-7-21-14)16(20)22-10-13-5-2-4-12(8-13)9-17/h2-8,11H,10H2,1H3,(H,18,19). The molecule has 1 aromatic carbocycles. The Hall–Kier alpha value is -3.07. The van der Waals surface area contributed by atoms with E-state index in [1.165, 1.54) is 19.3 Å². The minimum Gasteiger partial charge on any atom is -0.459 e. The van der Waals surface area contributed by atoms with Crippen molar-refractivity contribution < 1.29 is 18.7 Å². The monoisotopic (exact) mass is 298 g/mol. The maximum absolute atomic E-state index is 11.8. The minimum absolute atomic E-state index is 0.0370. The van der Waals surface area contributed by atoms with Crippen molar-refractivity contribution in [3.8, 4) is 6.07 Å². The summed E-state index contributed by atoms with van der Waals surface area (Å²) in [6, 6.07) is 11.1. The Bertz CT molecular complexity index is 701. The average molecular weight is 298 g/mol. The van der Waals surface area contributed by atoms with Crippen LogP contribution in [0.1, 0.15) is 28.6 Å². The van der Waals surface area contributed by atoms with E-state index in [0.29, 0.717) is 11.1 Å². The number of nitrogens with one attached hydrogen (secondary N) is 1. The molecule has 0 aliphatic heterocycles. The quantitative estimate of drug-likeness (QED) is 0.852. The van der Waals surface area contributed by atoms with E-state index in [2.05, 4.69) is 5.32 Å². The summed E-state index contributed by atoms with van der Waals surface area (Å²) in [5.41, 5.74) is 1.20. The van der Waals surface area contributed by atoms with Crippen LogP contribution in [0, 0.1) is 11.3 Å². The summed E-state index contributed by atoms with van der Waals surface area (Å²) < 4.78 is 10.0. The van der Waals surface area contributed by atoms with Gasteiger partial charge in [-0.2, -0.15) is 5.26 Å². The molecular formula is C16H14N2O4. The lowest BCUT2D eigenvalue weighted by atomic mass is 10.1. The lowest BCUT2D eigenvalue weighted by Crippen LogP contribution is -2.39. The molecule has 1 aromatic heterocycles. The van der Waals surface area contributed by atoms with Gasteiger partial charge in [-0.1, -0.05) is 12.1 Å². The molecule has 0 aliphatic rings. The van der Waals surface area contributed by atoms with Gasteiger partial charge in [0, 0.05) is 0 Å². The topological polar surface area (TPSA) is 92.3 Å². The molecule has 2 aromatic rings. The van der Waals surface area contributed by atoms with Crippen LogP contribution in [0.3, 0.4) is 0 Å². The van der Waals surface area contributed by atoms with Gasteiger partial charge in [-0.05, 0) is 36.8 Å². The van der Waals surface area contributed by atoms with Crippen LogP contribution < -0.4 is 5.32 Å². The largest absolute Gasteiger partial charge is 0.459 e. The van der Waals surface area contributed by atoms with Gasteiger partial charge in [0.15, 0.2) is 5.76 Å². The highest BCUT2D eigenvalue weighted by Gasteiger charge is 2.19. The molecule has 0 radical (unpaired) electrons. The lowest BCUT2D eigenvalue weighted by Gasteiger charge is -2.12.